The molecule has 270 valence electrons. The Kier molecular flexibility index (Phi) is 6.60. The zero-order chi connectivity index (χ0) is 37.9. The first-order valence-corrected chi connectivity index (χ1v) is 20.6. The van der Waals surface area contributed by atoms with Gasteiger partial charge in [-0.3, -0.25) is 0 Å². The molecule has 0 amide bonds. The average Bonchev–Trinajstić information content (AvgIpc) is 4.03. The number of nitrogens with zero attached hydrogens (tertiary/aromatic N) is 2. The molecule has 0 aliphatic rings. The van der Waals surface area contributed by atoms with E-state index in [4.69, 9.17) is 4.42 Å². The van der Waals surface area contributed by atoms with Crippen LogP contribution >= 0.6 is 11.3 Å². The second-order valence-corrected chi connectivity index (χ2v) is 16.4. The first kappa shape index (κ1) is 31.8. The molecule has 0 unspecified atom stereocenters. The Balaban J connectivity index is 1.03. The highest BCUT2D eigenvalue weighted by atomic mass is 32.1. The molecule has 0 atom stereocenters. The molecular formula is C54H32N2OS. The van der Waals surface area contributed by atoms with Crippen molar-refractivity contribution in [2.75, 3.05) is 0 Å². The van der Waals surface area contributed by atoms with Crippen LogP contribution in [0.15, 0.2) is 199 Å². The lowest BCUT2D eigenvalue weighted by molar-refractivity contribution is 0.673. The van der Waals surface area contributed by atoms with Crippen LogP contribution in [0.4, 0.5) is 0 Å². The van der Waals surface area contributed by atoms with Crippen LogP contribution in [0.1, 0.15) is 0 Å². The molecule has 9 aromatic carbocycles. The van der Waals surface area contributed by atoms with Crippen molar-refractivity contribution < 1.29 is 4.42 Å². The lowest BCUT2D eigenvalue weighted by Gasteiger charge is -2.09. The van der Waals surface area contributed by atoms with Gasteiger partial charge in [-0.05, 0) is 107 Å². The second kappa shape index (κ2) is 12.1. The van der Waals surface area contributed by atoms with Gasteiger partial charge >= 0.3 is 0 Å². The maximum Gasteiger partial charge on any atom is 0.145 e. The molecule has 13 rings (SSSR count). The van der Waals surface area contributed by atoms with Crippen molar-refractivity contribution in [1.82, 2.24) is 9.13 Å². The molecular weight excluding hydrogens is 725 g/mol. The third-order valence-corrected chi connectivity index (χ3v) is 13.3. The molecule has 0 N–H and O–H groups in total. The minimum absolute atomic E-state index is 0.882. The number of hydrogen-bond donors (Lipinski definition) is 0. The van der Waals surface area contributed by atoms with Crippen molar-refractivity contribution in [1.29, 1.82) is 0 Å². The fourth-order valence-electron chi connectivity index (χ4n) is 9.47. The standard InChI is InChI=1S/C54H32N2OS/c1-3-11-33(12-4-1)35-19-24-47-42(29-35)43-30-36(34-13-5-2-6-14-34)20-25-48(43)55(47)37-21-27-50-44(31-37)40-23-26-49-53(54(40)57-50)41-16-7-9-17-46(41)56(49)38-22-28-52-45(32-38)39-15-8-10-18-51(39)58-52/h1-32H. The van der Waals surface area contributed by atoms with Gasteiger partial charge in [0.2, 0.25) is 0 Å². The molecule has 0 saturated heterocycles. The van der Waals surface area contributed by atoms with E-state index >= 15 is 0 Å². The zero-order valence-corrected chi connectivity index (χ0v) is 32.0. The van der Waals surface area contributed by atoms with Crippen LogP contribution in [0.3, 0.4) is 0 Å². The second-order valence-electron chi connectivity index (χ2n) is 15.3. The highest BCUT2D eigenvalue weighted by Crippen LogP contribution is 2.44. The van der Waals surface area contributed by atoms with Crippen LogP contribution in [0.2, 0.25) is 0 Å². The van der Waals surface area contributed by atoms with E-state index in [0.717, 1.165) is 44.2 Å². The molecule has 4 heteroatoms. The molecule has 3 nitrogen and oxygen atoms in total. The highest BCUT2D eigenvalue weighted by Gasteiger charge is 2.21. The van der Waals surface area contributed by atoms with E-state index < -0.39 is 0 Å². The van der Waals surface area contributed by atoms with Crippen molar-refractivity contribution in [2.24, 2.45) is 0 Å². The monoisotopic (exact) mass is 756 g/mol. The molecule has 4 aromatic heterocycles. The zero-order valence-electron chi connectivity index (χ0n) is 31.2. The van der Waals surface area contributed by atoms with E-state index in [2.05, 4.69) is 203 Å². The molecule has 0 fully saturated rings. The van der Waals surface area contributed by atoms with Crippen LogP contribution in [-0.2, 0) is 0 Å². The lowest BCUT2D eigenvalue weighted by Crippen LogP contribution is -1.93. The van der Waals surface area contributed by atoms with Gasteiger partial charge in [-0.25, -0.2) is 0 Å². The highest BCUT2D eigenvalue weighted by molar-refractivity contribution is 7.25. The Labute approximate surface area is 336 Å². The molecule has 13 aromatic rings. The Morgan fingerprint density at radius 3 is 1.60 bits per heavy atom. The quantitative estimate of drug-likeness (QED) is 0.175. The largest absolute Gasteiger partial charge is 0.455 e. The minimum atomic E-state index is 0.882. The molecule has 0 spiro atoms. The smallest absolute Gasteiger partial charge is 0.145 e. The van der Waals surface area contributed by atoms with E-state index in [1.54, 1.807) is 0 Å². The SMILES string of the molecule is c1ccc(-c2ccc3c(c2)c2cc(-c4ccccc4)ccc2n3-c2ccc3oc4c(ccc5c4c4ccccc4n5-c4ccc5sc6ccccc6c5c4)c3c2)cc1. The van der Waals surface area contributed by atoms with Crippen molar-refractivity contribution >= 4 is 97.1 Å². The van der Waals surface area contributed by atoms with Gasteiger partial charge in [-0.2, -0.15) is 0 Å². The number of fused-ring (bicyclic) bond motifs is 13. The topological polar surface area (TPSA) is 23.0 Å². The molecule has 0 aliphatic carbocycles. The summed E-state index contributed by atoms with van der Waals surface area (Å²) in [4.78, 5) is 0. The van der Waals surface area contributed by atoms with Gasteiger partial charge in [-0.1, -0.05) is 109 Å². The van der Waals surface area contributed by atoms with Gasteiger partial charge in [0.25, 0.3) is 0 Å². The predicted molar refractivity (Wildman–Crippen MR) is 246 cm³/mol. The maximum atomic E-state index is 6.89. The number of para-hydroxylation sites is 1. The third kappa shape index (κ3) is 4.55. The van der Waals surface area contributed by atoms with Crippen molar-refractivity contribution in [3.8, 4) is 33.6 Å². The number of rotatable bonds is 4. The summed E-state index contributed by atoms with van der Waals surface area (Å²) in [6, 6.07) is 70.7. The maximum absolute atomic E-state index is 6.89. The van der Waals surface area contributed by atoms with Crippen molar-refractivity contribution in [2.45, 2.75) is 0 Å². The number of benzene rings is 9. The number of aromatic nitrogens is 2. The van der Waals surface area contributed by atoms with Gasteiger partial charge < -0.3 is 13.6 Å². The normalized spacial score (nSPS) is 12.1. The summed E-state index contributed by atoms with van der Waals surface area (Å²) < 4.78 is 14.3. The summed E-state index contributed by atoms with van der Waals surface area (Å²) in [7, 11) is 0. The summed E-state index contributed by atoms with van der Waals surface area (Å²) in [5.74, 6) is 0. The summed E-state index contributed by atoms with van der Waals surface area (Å²) in [6.45, 7) is 0. The van der Waals surface area contributed by atoms with Gasteiger partial charge in [0.15, 0.2) is 0 Å². The minimum Gasteiger partial charge on any atom is -0.455 e. The van der Waals surface area contributed by atoms with E-state index in [1.165, 1.54) is 75.1 Å². The number of hydrogen-bond acceptors (Lipinski definition) is 2. The number of furan rings is 1. The molecule has 4 heterocycles. The van der Waals surface area contributed by atoms with E-state index in [9.17, 15) is 0 Å². The molecule has 58 heavy (non-hydrogen) atoms. The first-order valence-electron chi connectivity index (χ1n) is 19.7. The van der Waals surface area contributed by atoms with Gasteiger partial charge in [-0.15, -0.1) is 11.3 Å². The molecule has 0 saturated carbocycles. The van der Waals surface area contributed by atoms with Crippen LogP contribution in [-0.4, -0.2) is 9.13 Å². The average molecular weight is 757 g/mol. The summed E-state index contributed by atoms with van der Waals surface area (Å²) in [5.41, 5.74) is 13.6. The Hall–Kier alpha value is -7.40. The van der Waals surface area contributed by atoms with Gasteiger partial charge in [0.1, 0.15) is 11.2 Å². The van der Waals surface area contributed by atoms with E-state index in [1.807, 2.05) is 11.3 Å². The Morgan fingerprint density at radius 1 is 0.328 bits per heavy atom. The van der Waals surface area contributed by atoms with Crippen LogP contribution in [0.25, 0.3) is 119 Å². The summed E-state index contributed by atoms with van der Waals surface area (Å²) in [5, 5.41) is 9.60. The molecule has 0 radical (unpaired) electrons. The molecule has 0 bridgehead atoms. The third-order valence-electron chi connectivity index (χ3n) is 12.1. The predicted octanol–water partition coefficient (Wildman–Crippen LogP) is 15.5. The fourth-order valence-corrected chi connectivity index (χ4v) is 10.6. The van der Waals surface area contributed by atoms with E-state index in [-0.39, 0.29) is 0 Å². The Bertz CT molecular complexity index is 3690. The first-order chi connectivity index (χ1) is 28.7. The Morgan fingerprint density at radius 2 is 0.879 bits per heavy atom. The van der Waals surface area contributed by atoms with Crippen LogP contribution in [0.5, 0.6) is 0 Å². The van der Waals surface area contributed by atoms with Gasteiger partial charge in [0, 0.05) is 58.5 Å². The van der Waals surface area contributed by atoms with Crippen LogP contribution < -0.4 is 0 Å². The van der Waals surface area contributed by atoms with Crippen molar-refractivity contribution in [3.05, 3.63) is 194 Å². The molecule has 0 aliphatic heterocycles. The van der Waals surface area contributed by atoms with Crippen molar-refractivity contribution in [3.63, 3.8) is 0 Å². The number of thiophene rings is 1. The van der Waals surface area contributed by atoms with Crippen LogP contribution in [0, 0.1) is 0 Å². The lowest BCUT2D eigenvalue weighted by atomic mass is 10.0. The fraction of sp³-hybridized carbons (Fsp3) is 0. The summed E-state index contributed by atoms with van der Waals surface area (Å²) in [6.07, 6.45) is 0. The van der Waals surface area contributed by atoms with E-state index in [0.29, 0.717) is 0 Å². The summed E-state index contributed by atoms with van der Waals surface area (Å²) >= 11 is 1.85. The van der Waals surface area contributed by atoms with Gasteiger partial charge in [0.05, 0.1) is 27.5 Å².